The van der Waals surface area contributed by atoms with Crippen molar-refractivity contribution in [2.45, 2.75) is 43.9 Å². The molecule has 2 fully saturated rings. The molecule has 11 nitrogen and oxygen atoms in total. The van der Waals surface area contributed by atoms with E-state index < -0.39 is 24.4 Å². The lowest BCUT2D eigenvalue weighted by Gasteiger charge is -2.26. The van der Waals surface area contributed by atoms with Crippen molar-refractivity contribution in [1.29, 1.82) is 0 Å². The van der Waals surface area contributed by atoms with Gasteiger partial charge in [-0.05, 0) is 7.05 Å². The molecule has 1 aromatic heterocycles. The molecule has 2 saturated heterocycles. The highest BCUT2D eigenvalue weighted by Crippen LogP contribution is 2.24. The van der Waals surface area contributed by atoms with Crippen LogP contribution in [-0.2, 0) is 27.4 Å². The minimum Gasteiger partial charge on any atom is -0.388 e. The maximum Gasteiger partial charge on any atom is 0.222 e. The van der Waals surface area contributed by atoms with E-state index in [2.05, 4.69) is 25.8 Å². The summed E-state index contributed by atoms with van der Waals surface area (Å²) in [5.74, 6) is -0.206. The van der Waals surface area contributed by atoms with E-state index in [0.717, 1.165) is 38.5 Å². The second kappa shape index (κ2) is 10.2. The van der Waals surface area contributed by atoms with Gasteiger partial charge in [-0.2, -0.15) is 0 Å². The zero-order valence-corrected chi connectivity index (χ0v) is 16.2. The van der Waals surface area contributed by atoms with Gasteiger partial charge in [0.25, 0.3) is 0 Å². The average Bonchev–Trinajstić information content (AvgIpc) is 3.23. The third-order valence-corrected chi connectivity index (χ3v) is 5.01. The lowest BCUT2D eigenvalue weighted by Crippen LogP contribution is -2.42. The van der Waals surface area contributed by atoms with Crippen molar-refractivity contribution < 1.29 is 24.5 Å². The first-order valence-corrected chi connectivity index (χ1v) is 9.69. The smallest absolute Gasteiger partial charge is 0.222 e. The molecule has 3 heterocycles. The number of nitrogens with zero attached hydrogens (tertiary/aromatic N) is 4. The fourth-order valence-electron chi connectivity index (χ4n) is 3.45. The Bertz CT molecular complexity index is 623. The second-order valence-corrected chi connectivity index (χ2v) is 7.16. The minimum atomic E-state index is -1.12. The molecule has 0 saturated carbocycles. The fourth-order valence-corrected chi connectivity index (χ4v) is 3.45. The van der Waals surface area contributed by atoms with Crippen LogP contribution in [0.4, 0.5) is 0 Å². The number of amides is 1. The maximum absolute atomic E-state index is 12.2. The summed E-state index contributed by atoms with van der Waals surface area (Å²) < 4.78 is 12.6. The van der Waals surface area contributed by atoms with E-state index >= 15 is 0 Å². The van der Waals surface area contributed by atoms with Gasteiger partial charge in [0.2, 0.25) is 5.91 Å². The van der Waals surface area contributed by atoms with Crippen molar-refractivity contribution in [2.24, 2.45) is 0 Å². The van der Waals surface area contributed by atoms with E-state index in [4.69, 9.17) is 9.47 Å². The summed E-state index contributed by atoms with van der Waals surface area (Å²) in [6.07, 6.45) is -1.84. The molecular formula is C17H30N6O5. The third kappa shape index (κ3) is 5.69. The summed E-state index contributed by atoms with van der Waals surface area (Å²) in [5.41, 5.74) is 0.770. The van der Waals surface area contributed by atoms with Crippen molar-refractivity contribution in [3.05, 3.63) is 11.9 Å². The monoisotopic (exact) mass is 398 g/mol. The molecule has 1 amide bonds. The quantitative estimate of drug-likeness (QED) is 0.351. The van der Waals surface area contributed by atoms with E-state index in [1.54, 1.807) is 10.9 Å². The van der Waals surface area contributed by atoms with Gasteiger partial charge in [-0.25, -0.2) is 4.68 Å². The van der Waals surface area contributed by atoms with Gasteiger partial charge in [0.05, 0.1) is 38.0 Å². The second-order valence-electron chi connectivity index (χ2n) is 7.16. The van der Waals surface area contributed by atoms with E-state index in [-0.39, 0.29) is 18.9 Å². The van der Waals surface area contributed by atoms with Crippen LogP contribution < -0.4 is 10.6 Å². The average molecular weight is 398 g/mol. The molecule has 0 bridgehead atoms. The molecule has 0 aliphatic carbocycles. The third-order valence-electron chi connectivity index (χ3n) is 5.01. The lowest BCUT2D eigenvalue weighted by atomic mass is 10.1. The number of aromatic nitrogens is 3. The molecule has 3 rings (SSSR count). The summed E-state index contributed by atoms with van der Waals surface area (Å²) in [7, 11) is 1.82. The number of nitrogens with one attached hydrogen (secondary N) is 2. The Morgan fingerprint density at radius 3 is 2.79 bits per heavy atom. The highest BCUT2D eigenvalue weighted by molar-refractivity contribution is 5.76. The highest BCUT2D eigenvalue weighted by Gasteiger charge is 2.43. The zero-order valence-electron chi connectivity index (χ0n) is 16.2. The Kier molecular flexibility index (Phi) is 7.71. The van der Waals surface area contributed by atoms with Crippen LogP contribution in [-0.4, -0.2) is 107 Å². The van der Waals surface area contributed by atoms with Crippen molar-refractivity contribution in [3.8, 4) is 0 Å². The summed E-state index contributed by atoms with van der Waals surface area (Å²) in [5, 5.41) is 34.3. The lowest BCUT2D eigenvalue weighted by molar-refractivity contribution is -0.125. The summed E-state index contributed by atoms with van der Waals surface area (Å²) in [4.78, 5) is 14.4. The molecule has 1 aromatic rings. The zero-order chi connectivity index (χ0) is 19.9. The van der Waals surface area contributed by atoms with Crippen molar-refractivity contribution in [2.75, 3.05) is 46.4 Å². The van der Waals surface area contributed by atoms with Crippen LogP contribution in [0.15, 0.2) is 6.20 Å². The summed E-state index contributed by atoms with van der Waals surface area (Å²) in [6.45, 7) is 5.30. The Morgan fingerprint density at radius 2 is 2.04 bits per heavy atom. The Morgan fingerprint density at radius 1 is 1.29 bits per heavy atom. The largest absolute Gasteiger partial charge is 0.388 e. The number of aliphatic hydroxyl groups is 2. The maximum atomic E-state index is 12.2. The number of aliphatic hydroxyl groups excluding tert-OH is 2. The Balaban J connectivity index is 1.41. The molecule has 11 heteroatoms. The van der Waals surface area contributed by atoms with E-state index in [9.17, 15) is 15.0 Å². The molecule has 2 aliphatic heterocycles. The Labute approximate surface area is 164 Å². The van der Waals surface area contributed by atoms with Gasteiger partial charge in [-0.3, -0.25) is 9.69 Å². The SMILES string of the molecule is CNCc1cn(CC2OC(CC(=O)NCCN3CCOCC3)C(O)C2O)nn1. The predicted octanol–water partition coefficient (Wildman–Crippen LogP) is -2.67. The van der Waals surface area contributed by atoms with Gasteiger partial charge >= 0.3 is 0 Å². The fraction of sp³-hybridized carbons (Fsp3) is 0.824. The molecule has 4 N–H and O–H groups in total. The first-order valence-electron chi connectivity index (χ1n) is 9.69. The van der Waals surface area contributed by atoms with Crippen molar-refractivity contribution in [1.82, 2.24) is 30.5 Å². The molecule has 4 unspecified atom stereocenters. The van der Waals surface area contributed by atoms with E-state index in [0.29, 0.717) is 13.1 Å². The molecular weight excluding hydrogens is 368 g/mol. The van der Waals surface area contributed by atoms with E-state index in [1.165, 1.54) is 0 Å². The molecule has 2 aliphatic rings. The topological polar surface area (TPSA) is 134 Å². The van der Waals surface area contributed by atoms with Crippen LogP contribution in [0.25, 0.3) is 0 Å². The molecule has 0 radical (unpaired) electrons. The van der Waals surface area contributed by atoms with Gasteiger partial charge in [0.15, 0.2) is 0 Å². The molecule has 158 valence electrons. The van der Waals surface area contributed by atoms with Crippen LogP contribution in [0.1, 0.15) is 12.1 Å². The van der Waals surface area contributed by atoms with Gasteiger partial charge in [-0.15, -0.1) is 5.10 Å². The van der Waals surface area contributed by atoms with Gasteiger partial charge in [0.1, 0.15) is 18.3 Å². The van der Waals surface area contributed by atoms with Gasteiger partial charge < -0.3 is 30.3 Å². The minimum absolute atomic E-state index is 0.000198. The van der Waals surface area contributed by atoms with Crippen LogP contribution in [0, 0.1) is 0 Å². The number of carbonyl (C=O) groups is 1. The number of rotatable bonds is 9. The number of morpholine rings is 1. The van der Waals surface area contributed by atoms with Crippen LogP contribution in [0.5, 0.6) is 0 Å². The standard InChI is InChI=1S/C17H30N6O5/c1-18-9-12-10-23(21-20-12)11-14-17(26)16(25)13(28-14)8-15(24)19-2-3-22-4-6-27-7-5-22/h10,13-14,16-18,25-26H,2-9,11H2,1H3,(H,19,24). The van der Waals surface area contributed by atoms with Crippen LogP contribution >= 0.6 is 0 Å². The predicted molar refractivity (Wildman–Crippen MR) is 98.3 cm³/mol. The summed E-state index contributed by atoms with van der Waals surface area (Å²) >= 11 is 0. The summed E-state index contributed by atoms with van der Waals surface area (Å²) in [6, 6.07) is 0. The van der Waals surface area contributed by atoms with Crippen molar-refractivity contribution in [3.63, 3.8) is 0 Å². The molecule has 0 aromatic carbocycles. The van der Waals surface area contributed by atoms with Crippen molar-refractivity contribution >= 4 is 5.91 Å². The van der Waals surface area contributed by atoms with Gasteiger partial charge in [-0.1, -0.05) is 5.21 Å². The number of carbonyl (C=O) groups excluding carboxylic acids is 1. The molecule has 0 spiro atoms. The Hall–Kier alpha value is -1.63. The van der Waals surface area contributed by atoms with Crippen LogP contribution in [0.3, 0.4) is 0 Å². The number of hydrogen-bond donors (Lipinski definition) is 4. The number of hydrogen-bond acceptors (Lipinski definition) is 9. The normalized spacial score (nSPS) is 28.5. The first-order chi connectivity index (χ1) is 13.6. The first kappa shape index (κ1) is 21.1. The molecule has 4 atom stereocenters. The highest BCUT2D eigenvalue weighted by atomic mass is 16.5. The van der Waals surface area contributed by atoms with Crippen LogP contribution in [0.2, 0.25) is 0 Å². The molecule has 28 heavy (non-hydrogen) atoms. The van der Waals surface area contributed by atoms with Gasteiger partial charge in [0, 0.05) is 38.9 Å². The van der Waals surface area contributed by atoms with E-state index in [1.807, 2.05) is 7.05 Å². The number of ether oxygens (including phenoxy) is 2.